The van der Waals surface area contributed by atoms with E-state index in [2.05, 4.69) is 10.5 Å². The Kier molecular flexibility index (Phi) is 4.69. The van der Waals surface area contributed by atoms with Gasteiger partial charge in [-0.3, -0.25) is 14.9 Å². The molecule has 23 heavy (non-hydrogen) atoms. The zero-order chi connectivity index (χ0) is 17.0. The molecular weight excluding hydrogens is 306 g/mol. The van der Waals surface area contributed by atoms with Crippen molar-refractivity contribution in [3.63, 3.8) is 0 Å². The summed E-state index contributed by atoms with van der Waals surface area (Å²) in [6.07, 6.45) is 0. The number of rotatable bonds is 5. The molecular formula is C14H13N3O6. The summed E-state index contributed by atoms with van der Waals surface area (Å²) in [7, 11) is 0. The fourth-order valence-corrected chi connectivity index (χ4v) is 1.87. The highest BCUT2D eigenvalue weighted by molar-refractivity contribution is 5.96. The first kappa shape index (κ1) is 16.1. The molecule has 9 heteroatoms. The summed E-state index contributed by atoms with van der Waals surface area (Å²) in [5, 5.41) is 16.7. The average molecular weight is 319 g/mol. The molecule has 0 saturated carbocycles. The SMILES string of the molecule is Cc1noc(C)c1C(=O)OCC(=O)Nc1cccc([N+](=O)[O-])c1. The number of benzene rings is 1. The van der Waals surface area contributed by atoms with Crippen LogP contribution in [0.5, 0.6) is 0 Å². The second-order valence-electron chi connectivity index (χ2n) is 4.63. The molecule has 0 aliphatic rings. The molecule has 0 atom stereocenters. The second-order valence-corrected chi connectivity index (χ2v) is 4.63. The molecule has 0 spiro atoms. The molecule has 1 amide bonds. The number of non-ortho nitro benzene ring substituents is 1. The van der Waals surface area contributed by atoms with Crippen LogP contribution in [-0.2, 0) is 9.53 Å². The predicted octanol–water partition coefficient (Wildman–Crippen LogP) is 2.00. The van der Waals surface area contributed by atoms with Crippen LogP contribution in [0.4, 0.5) is 11.4 Å². The van der Waals surface area contributed by atoms with Crippen molar-refractivity contribution in [3.05, 3.63) is 51.4 Å². The number of nitro groups is 1. The zero-order valence-electron chi connectivity index (χ0n) is 12.4. The van der Waals surface area contributed by atoms with Crippen LogP contribution in [0.1, 0.15) is 21.8 Å². The number of anilines is 1. The van der Waals surface area contributed by atoms with Gasteiger partial charge in [0.15, 0.2) is 6.61 Å². The molecule has 1 aromatic carbocycles. The Morgan fingerprint density at radius 3 is 2.74 bits per heavy atom. The molecule has 0 unspecified atom stereocenters. The van der Waals surface area contributed by atoms with Crippen LogP contribution in [0.3, 0.4) is 0 Å². The number of carbonyl (C=O) groups excluding carboxylic acids is 2. The van der Waals surface area contributed by atoms with Crippen LogP contribution >= 0.6 is 0 Å². The van der Waals surface area contributed by atoms with Gasteiger partial charge in [0, 0.05) is 17.8 Å². The lowest BCUT2D eigenvalue weighted by Gasteiger charge is -2.06. The Morgan fingerprint density at radius 1 is 1.39 bits per heavy atom. The first-order valence-electron chi connectivity index (χ1n) is 6.53. The molecule has 1 heterocycles. The molecule has 0 aliphatic heterocycles. The van der Waals surface area contributed by atoms with Crippen molar-refractivity contribution in [2.45, 2.75) is 13.8 Å². The van der Waals surface area contributed by atoms with Gasteiger partial charge in [-0.1, -0.05) is 11.2 Å². The lowest BCUT2D eigenvalue weighted by Crippen LogP contribution is -2.21. The van der Waals surface area contributed by atoms with E-state index in [1.807, 2.05) is 0 Å². The van der Waals surface area contributed by atoms with Gasteiger partial charge in [-0.15, -0.1) is 0 Å². The van der Waals surface area contributed by atoms with E-state index < -0.39 is 23.4 Å². The minimum atomic E-state index is -0.726. The van der Waals surface area contributed by atoms with Crippen LogP contribution < -0.4 is 5.32 Å². The van der Waals surface area contributed by atoms with Crippen molar-refractivity contribution < 1.29 is 23.8 Å². The van der Waals surface area contributed by atoms with Gasteiger partial charge in [0.2, 0.25) is 0 Å². The first-order valence-corrected chi connectivity index (χ1v) is 6.53. The maximum Gasteiger partial charge on any atom is 0.344 e. The number of amides is 1. The summed E-state index contributed by atoms with van der Waals surface area (Å²) in [5.74, 6) is -1.05. The zero-order valence-corrected chi connectivity index (χ0v) is 12.4. The van der Waals surface area contributed by atoms with Gasteiger partial charge in [0.1, 0.15) is 11.3 Å². The van der Waals surface area contributed by atoms with Gasteiger partial charge in [-0.05, 0) is 19.9 Å². The number of nitro benzene ring substituents is 1. The normalized spacial score (nSPS) is 10.2. The standard InChI is InChI=1S/C14H13N3O6/c1-8-13(9(2)23-16-8)14(19)22-7-12(18)15-10-4-3-5-11(6-10)17(20)21/h3-6H,7H2,1-2H3,(H,15,18). The van der Waals surface area contributed by atoms with Gasteiger partial charge in [-0.2, -0.15) is 0 Å². The van der Waals surface area contributed by atoms with Crippen LogP contribution in [0.15, 0.2) is 28.8 Å². The number of nitrogens with zero attached hydrogens (tertiary/aromatic N) is 2. The molecule has 2 rings (SSSR count). The second kappa shape index (κ2) is 6.69. The number of esters is 1. The third-order valence-electron chi connectivity index (χ3n) is 2.91. The largest absolute Gasteiger partial charge is 0.452 e. The first-order chi connectivity index (χ1) is 10.9. The Bertz CT molecular complexity index is 748. The summed E-state index contributed by atoms with van der Waals surface area (Å²) in [5.41, 5.74) is 0.618. The predicted molar refractivity (Wildman–Crippen MR) is 78.0 cm³/mol. The Hall–Kier alpha value is -3.23. The van der Waals surface area contributed by atoms with E-state index >= 15 is 0 Å². The van der Waals surface area contributed by atoms with E-state index in [4.69, 9.17) is 9.26 Å². The fourth-order valence-electron chi connectivity index (χ4n) is 1.87. The van der Waals surface area contributed by atoms with E-state index in [-0.39, 0.29) is 16.9 Å². The molecule has 120 valence electrons. The number of ether oxygens (including phenoxy) is 1. The maximum absolute atomic E-state index is 11.9. The summed E-state index contributed by atoms with van der Waals surface area (Å²) < 4.78 is 9.71. The van der Waals surface area contributed by atoms with Crippen LogP contribution in [0, 0.1) is 24.0 Å². The van der Waals surface area contributed by atoms with E-state index in [0.29, 0.717) is 11.5 Å². The monoisotopic (exact) mass is 319 g/mol. The molecule has 0 fully saturated rings. The van der Waals surface area contributed by atoms with Gasteiger partial charge in [0.05, 0.1) is 10.6 Å². The third kappa shape index (κ3) is 3.90. The lowest BCUT2D eigenvalue weighted by atomic mass is 10.2. The van der Waals surface area contributed by atoms with E-state index in [0.717, 1.165) is 0 Å². The Balaban J connectivity index is 1.94. The number of carbonyl (C=O) groups is 2. The third-order valence-corrected chi connectivity index (χ3v) is 2.91. The fraction of sp³-hybridized carbons (Fsp3) is 0.214. The summed E-state index contributed by atoms with van der Waals surface area (Å²) in [6, 6.07) is 5.42. The summed E-state index contributed by atoms with van der Waals surface area (Å²) in [6.45, 7) is 2.60. The van der Waals surface area contributed by atoms with Gasteiger partial charge >= 0.3 is 5.97 Å². The van der Waals surface area contributed by atoms with Crippen LogP contribution in [-0.4, -0.2) is 28.6 Å². The molecule has 0 radical (unpaired) electrons. The van der Waals surface area contributed by atoms with Gasteiger partial charge in [-0.25, -0.2) is 4.79 Å². The molecule has 0 aliphatic carbocycles. The van der Waals surface area contributed by atoms with E-state index in [1.165, 1.54) is 24.3 Å². The smallest absolute Gasteiger partial charge is 0.344 e. The number of hydrogen-bond donors (Lipinski definition) is 1. The maximum atomic E-state index is 11.9. The Morgan fingerprint density at radius 2 is 2.13 bits per heavy atom. The summed E-state index contributed by atoms with van der Waals surface area (Å²) in [4.78, 5) is 33.7. The highest BCUT2D eigenvalue weighted by atomic mass is 16.6. The molecule has 0 saturated heterocycles. The molecule has 9 nitrogen and oxygen atoms in total. The highest BCUT2D eigenvalue weighted by Gasteiger charge is 2.20. The number of aryl methyl sites for hydroxylation is 2. The van der Waals surface area contributed by atoms with Gasteiger partial charge in [0.25, 0.3) is 11.6 Å². The van der Waals surface area contributed by atoms with Crippen molar-refractivity contribution >= 4 is 23.3 Å². The summed E-state index contributed by atoms with van der Waals surface area (Å²) >= 11 is 0. The van der Waals surface area contributed by atoms with Crippen molar-refractivity contribution in [1.29, 1.82) is 0 Å². The van der Waals surface area contributed by atoms with E-state index in [9.17, 15) is 19.7 Å². The number of aromatic nitrogens is 1. The van der Waals surface area contributed by atoms with Crippen molar-refractivity contribution in [2.75, 3.05) is 11.9 Å². The molecule has 0 bridgehead atoms. The average Bonchev–Trinajstić information content (AvgIpc) is 2.84. The lowest BCUT2D eigenvalue weighted by molar-refractivity contribution is -0.384. The van der Waals surface area contributed by atoms with Crippen molar-refractivity contribution in [1.82, 2.24) is 5.16 Å². The minimum absolute atomic E-state index is 0.157. The Labute approximate surface area is 130 Å². The minimum Gasteiger partial charge on any atom is -0.452 e. The molecule has 1 N–H and O–H groups in total. The van der Waals surface area contributed by atoms with Crippen LogP contribution in [0.2, 0.25) is 0 Å². The van der Waals surface area contributed by atoms with Crippen LogP contribution in [0.25, 0.3) is 0 Å². The molecule has 2 aromatic rings. The van der Waals surface area contributed by atoms with Crippen molar-refractivity contribution in [2.24, 2.45) is 0 Å². The number of hydrogen-bond acceptors (Lipinski definition) is 7. The number of nitrogens with one attached hydrogen (secondary N) is 1. The molecule has 1 aromatic heterocycles. The van der Waals surface area contributed by atoms with Gasteiger partial charge < -0.3 is 14.6 Å². The van der Waals surface area contributed by atoms with E-state index in [1.54, 1.807) is 13.8 Å². The quantitative estimate of drug-likeness (QED) is 0.507. The van der Waals surface area contributed by atoms with Crippen molar-refractivity contribution in [3.8, 4) is 0 Å². The topological polar surface area (TPSA) is 125 Å². The highest BCUT2D eigenvalue weighted by Crippen LogP contribution is 2.17.